The molecule has 0 radical (unpaired) electrons. The lowest BCUT2D eigenvalue weighted by Crippen LogP contribution is -2.29. The van der Waals surface area contributed by atoms with Gasteiger partial charge in [-0.1, -0.05) is 38.1 Å². The van der Waals surface area contributed by atoms with Crippen LogP contribution in [0, 0.1) is 5.41 Å². The van der Waals surface area contributed by atoms with Crippen molar-refractivity contribution in [3.8, 4) is 28.3 Å². The molecular weight excluding hydrogens is 406 g/mol. The molecule has 32 heavy (non-hydrogen) atoms. The average molecular weight is 427 g/mol. The molecule has 160 valence electrons. The number of H-pyrrole nitrogens is 1. The standard InChI is InChI=1S/C25H21N3O4/c1-25(2)11-16-21(17(29)12-25)20(14-8-9-18-19(10-14)32-13-31-18)22-23(26-16)27-28(24(22)30)15-6-4-3-5-7-15/h3-10H,11-13H2,1-2H3,(H,26,27). The van der Waals surface area contributed by atoms with Gasteiger partial charge >= 0.3 is 0 Å². The van der Waals surface area contributed by atoms with Gasteiger partial charge in [0.15, 0.2) is 22.9 Å². The van der Waals surface area contributed by atoms with Crippen molar-refractivity contribution in [2.45, 2.75) is 26.7 Å². The number of hydrogen-bond acceptors (Lipinski definition) is 5. The number of nitrogens with zero attached hydrogens (tertiary/aromatic N) is 2. The number of carbonyl (C=O) groups excluding carboxylic acids is 1. The zero-order valence-corrected chi connectivity index (χ0v) is 17.8. The number of pyridine rings is 1. The largest absolute Gasteiger partial charge is 0.454 e. The lowest BCUT2D eigenvalue weighted by molar-refractivity contribution is 0.0911. The number of nitrogens with one attached hydrogen (secondary N) is 1. The minimum Gasteiger partial charge on any atom is -0.454 e. The van der Waals surface area contributed by atoms with Crippen molar-refractivity contribution >= 4 is 16.8 Å². The van der Waals surface area contributed by atoms with Gasteiger partial charge in [-0.2, -0.15) is 0 Å². The summed E-state index contributed by atoms with van der Waals surface area (Å²) in [6, 6.07) is 14.9. The summed E-state index contributed by atoms with van der Waals surface area (Å²) < 4.78 is 12.5. The van der Waals surface area contributed by atoms with Gasteiger partial charge in [0.05, 0.1) is 16.8 Å². The first-order valence-corrected chi connectivity index (χ1v) is 10.6. The number of aromatic nitrogens is 3. The van der Waals surface area contributed by atoms with Crippen molar-refractivity contribution in [2.75, 3.05) is 6.79 Å². The molecule has 2 aromatic carbocycles. The molecule has 4 aromatic rings. The molecule has 0 fully saturated rings. The molecule has 2 aliphatic rings. The average Bonchev–Trinajstić information content (AvgIpc) is 3.36. The van der Waals surface area contributed by atoms with E-state index in [4.69, 9.17) is 14.5 Å². The van der Waals surface area contributed by atoms with Crippen LogP contribution in [0.25, 0.3) is 27.8 Å². The highest BCUT2D eigenvalue weighted by Crippen LogP contribution is 2.43. The molecule has 3 heterocycles. The number of benzene rings is 2. The highest BCUT2D eigenvalue weighted by Gasteiger charge is 2.36. The number of hydrogen-bond donors (Lipinski definition) is 1. The zero-order chi connectivity index (χ0) is 22.0. The van der Waals surface area contributed by atoms with Crippen molar-refractivity contribution in [1.82, 2.24) is 14.8 Å². The number of para-hydroxylation sites is 1. The first-order chi connectivity index (χ1) is 15.4. The van der Waals surface area contributed by atoms with Gasteiger partial charge < -0.3 is 9.47 Å². The van der Waals surface area contributed by atoms with Crippen LogP contribution in [0.15, 0.2) is 53.3 Å². The number of ketones is 1. The smallest absolute Gasteiger partial charge is 0.281 e. The minimum atomic E-state index is -0.244. The van der Waals surface area contributed by atoms with Gasteiger partial charge in [0.25, 0.3) is 5.56 Å². The highest BCUT2D eigenvalue weighted by atomic mass is 16.7. The van der Waals surface area contributed by atoms with Crippen LogP contribution in [0.5, 0.6) is 11.5 Å². The Labute approximate surface area is 183 Å². The van der Waals surface area contributed by atoms with E-state index in [1.54, 1.807) is 0 Å². The van der Waals surface area contributed by atoms with Crippen LogP contribution in [0.3, 0.4) is 0 Å². The summed E-state index contributed by atoms with van der Waals surface area (Å²) in [6.45, 7) is 4.29. The molecule has 1 N–H and O–H groups in total. The van der Waals surface area contributed by atoms with Gasteiger partial charge in [0.2, 0.25) is 6.79 Å². The second-order valence-electron chi connectivity index (χ2n) is 9.13. The van der Waals surface area contributed by atoms with Gasteiger partial charge in [-0.05, 0) is 41.7 Å². The Hall–Kier alpha value is -3.87. The normalized spacial score (nSPS) is 16.4. The summed E-state index contributed by atoms with van der Waals surface area (Å²) in [5.74, 6) is 1.25. The van der Waals surface area contributed by atoms with Gasteiger partial charge in [-0.3, -0.25) is 14.7 Å². The third-order valence-corrected chi connectivity index (χ3v) is 6.15. The summed E-state index contributed by atoms with van der Waals surface area (Å²) >= 11 is 0. The molecule has 0 unspecified atom stereocenters. The predicted molar refractivity (Wildman–Crippen MR) is 120 cm³/mol. The van der Waals surface area contributed by atoms with Crippen molar-refractivity contribution in [3.63, 3.8) is 0 Å². The lowest BCUT2D eigenvalue weighted by Gasteiger charge is -2.30. The summed E-state index contributed by atoms with van der Waals surface area (Å²) in [7, 11) is 0. The van der Waals surface area contributed by atoms with E-state index in [1.807, 2.05) is 48.5 Å². The van der Waals surface area contributed by atoms with E-state index in [0.29, 0.717) is 57.9 Å². The lowest BCUT2D eigenvalue weighted by atomic mass is 9.73. The fourth-order valence-corrected chi connectivity index (χ4v) is 4.76. The van der Waals surface area contributed by atoms with E-state index in [9.17, 15) is 9.59 Å². The van der Waals surface area contributed by atoms with Crippen LogP contribution in [-0.4, -0.2) is 27.3 Å². The first-order valence-electron chi connectivity index (χ1n) is 10.6. The Morgan fingerprint density at radius 2 is 1.75 bits per heavy atom. The SMILES string of the molecule is CC1(C)CC(=O)c2c(nc3[nH]n(-c4ccccc4)c(=O)c3c2-c2ccc3c(c2)OCO3)C1. The molecule has 7 heteroatoms. The molecule has 7 nitrogen and oxygen atoms in total. The maximum atomic E-state index is 13.6. The second kappa shape index (κ2) is 6.56. The van der Waals surface area contributed by atoms with E-state index < -0.39 is 0 Å². The number of aromatic amines is 1. The van der Waals surface area contributed by atoms with E-state index in [2.05, 4.69) is 18.9 Å². The van der Waals surface area contributed by atoms with Crippen LogP contribution in [0.1, 0.15) is 36.3 Å². The number of rotatable bonds is 2. The maximum Gasteiger partial charge on any atom is 0.281 e. The van der Waals surface area contributed by atoms with Crippen LogP contribution in [0.2, 0.25) is 0 Å². The molecule has 0 atom stereocenters. The van der Waals surface area contributed by atoms with Crippen LogP contribution in [-0.2, 0) is 6.42 Å². The third-order valence-electron chi connectivity index (χ3n) is 6.15. The molecule has 0 bridgehead atoms. The molecular formula is C25H21N3O4. The molecule has 6 rings (SSSR count). The molecule has 0 amide bonds. The van der Waals surface area contributed by atoms with Crippen molar-refractivity contribution in [2.24, 2.45) is 5.41 Å². The van der Waals surface area contributed by atoms with Crippen LogP contribution in [0.4, 0.5) is 0 Å². The number of fused-ring (bicyclic) bond motifs is 3. The highest BCUT2D eigenvalue weighted by molar-refractivity contribution is 6.11. The molecule has 0 saturated heterocycles. The Kier molecular flexibility index (Phi) is 3.87. The first kappa shape index (κ1) is 18.9. The Bertz CT molecular complexity index is 1460. The Morgan fingerprint density at radius 1 is 0.969 bits per heavy atom. The number of ether oxygens (including phenoxy) is 2. The van der Waals surface area contributed by atoms with Gasteiger partial charge in [0.1, 0.15) is 0 Å². The number of Topliss-reactive ketones (excluding diaryl/α,β-unsaturated/α-hetero) is 1. The van der Waals surface area contributed by atoms with E-state index in [-0.39, 0.29) is 23.6 Å². The predicted octanol–water partition coefficient (Wildman–Crippen LogP) is 4.26. The zero-order valence-electron chi connectivity index (χ0n) is 17.8. The second-order valence-corrected chi connectivity index (χ2v) is 9.13. The quantitative estimate of drug-likeness (QED) is 0.516. The Morgan fingerprint density at radius 3 is 2.56 bits per heavy atom. The molecule has 1 aliphatic heterocycles. The summed E-state index contributed by atoms with van der Waals surface area (Å²) in [4.78, 5) is 31.7. The molecule has 0 spiro atoms. The molecule has 1 aliphatic carbocycles. The van der Waals surface area contributed by atoms with Crippen molar-refractivity contribution in [1.29, 1.82) is 0 Å². The summed E-state index contributed by atoms with van der Waals surface area (Å²) in [6.07, 6.45) is 1.06. The monoisotopic (exact) mass is 427 g/mol. The van der Waals surface area contributed by atoms with E-state index >= 15 is 0 Å². The molecule has 2 aromatic heterocycles. The minimum absolute atomic E-state index is 0.00479. The number of carbonyl (C=O) groups is 1. The topological polar surface area (TPSA) is 86.2 Å². The van der Waals surface area contributed by atoms with Gasteiger partial charge in [-0.25, -0.2) is 9.67 Å². The van der Waals surface area contributed by atoms with Crippen LogP contribution < -0.4 is 15.0 Å². The van der Waals surface area contributed by atoms with Crippen LogP contribution >= 0.6 is 0 Å². The Balaban J connectivity index is 1.70. The summed E-state index contributed by atoms with van der Waals surface area (Å²) in [5, 5.41) is 3.56. The van der Waals surface area contributed by atoms with E-state index in [1.165, 1.54) is 4.68 Å². The fourth-order valence-electron chi connectivity index (χ4n) is 4.76. The fraction of sp³-hybridized carbons (Fsp3) is 0.240. The maximum absolute atomic E-state index is 13.6. The van der Waals surface area contributed by atoms with Gasteiger partial charge in [0, 0.05) is 17.5 Å². The van der Waals surface area contributed by atoms with E-state index in [0.717, 1.165) is 5.56 Å². The third kappa shape index (κ3) is 2.77. The van der Waals surface area contributed by atoms with Gasteiger partial charge in [-0.15, -0.1) is 0 Å². The van der Waals surface area contributed by atoms with Crippen molar-refractivity contribution < 1.29 is 14.3 Å². The van der Waals surface area contributed by atoms with Crippen molar-refractivity contribution in [3.05, 3.63) is 70.1 Å². The summed E-state index contributed by atoms with van der Waals surface area (Å²) in [5.41, 5.74) is 3.33. The molecule has 0 saturated carbocycles.